The number of hydrogen-bond donors (Lipinski definition) is 2. The number of nitrogen functional groups attached to an aromatic ring is 1. The second-order valence-electron chi connectivity index (χ2n) is 4.32. The summed E-state index contributed by atoms with van der Waals surface area (Å²) >= 11 is 0. The van der Waals surface area contributed by atoms with Gasteiger partial charge in [0.1, 0.15) is 5.69 Å². The summed E-state index contributed by atoms with van der Waals surface area (Å²) in [4.78, 5) is 23.1. The quantitative estimate of drug-likeness (QED) is 0.694. The molecule has 2 heterocycles. The number of aromatic nitrogens is 3. The van der Waals surface area contributed by atoms with E-state index in [9.17, 15) is 4.79 Å². The Hall–Kier alpha value is -2.95. The van der Waals surface area contributed by atoms with Gasteiger partial charge in [-0.2, -0.15) is 0 Å². The molecule has 0 aliphatic carbocycles. The normalized spacial score (nSPS) is 10.4. The van der Waals surface area contributed by atoms with Crippen LogP contribution >= 0.6 is 0 Å². The number of H-pyrrole nitrogens is 1. The molecule has 20 heavy (non-hydrogen) atoms. The van der Waals surface area contributed by atoms with Gasteiger partial charge >= 0.3 is 0 Å². The van der Waals surface area contributed by atoms with Crippen molar-refractivity contribution in [2.45, 2.75) is 0 Å². The van der Waals surface area contributed by atoms with Crippen molar-refractivity contribution in [2.75, 3.05) is 5.73 Å². The van der Waals surface area contributed by atoms with E-state index >= 15 is 0 Å². The van der Waals surface area contributed by atoms with Crippen molar-refractivity contribution in [3.05, 3.63) is 65.1 Å². The molecule has 5 nitrogen and oxygen atoms in total. The van der Waals surface area contributed by atoms with Crippen LogP contribution in [0.15, 0.2) is 59.5 Å². The van der Waals surface area contributed by atoms with E-state index in [1.165, 1.54) is 6.07 Å². The molecular weight excluding hydrogens is 252 g/mol. The molecule has 0 unspecified atom stereocenters. The first-order valence-corrected chi connectivity index (χ1v) is 6.11. The number of aromatic amines is 1. The van der Waals surface area contributed by atoms with Crippen molar-refractivity contribution in [1.82, 2.24) is 15.0 Å². The third kappa shape index (κ3) is 2.42. The third-order valence-corrected chi connectivity index (χ3v) is 2.83. The van der Waals surface area contributed by atoms with E-state index in [0.29, 0.717) is 22.9 Å². The van der Waals surface area contributed by atoms with Gasteiger partial charge in [0.25, 0.3) is 5.56 Å². The maximum Gasteiger partial charge on any atom is 0.251 e. The number of rotatable bonds is 2. The zero-order valence-electron chi connectivity index (χ0n) is 10.6. The Bertz CT molecular complexity index is 796. The minimum Gasteiger partial charge on any atom is -0.399 e. The molecular formula is C15H12N4O. The van der Waals surface area contributed by atoms with E-state index in [1.807, 2.05) is 24.3 Å². The maximum atomic E-state index is 11.8. The summed E-state index contributed by atoms with van der Waals surface area (Å²) in [7, 11) is 0. The molecule has 0 atom stereocenters. The van der Waals surface area contributed by atoms with Crippen molar-refractivity contribution in [3.8, 4) is 22.8 Å². The molecule has 0 spiro atoms. The number of nitrogens with zero attached hydrogens (tertiary/aromatic N) is 2. The summed E-state index contributed by atoms with van der Waals surface area (Å²) in [6.45, 7) is 0. The highest BCUT2D eigenvalue weighted by atomic mass is 16.1. The van der Waals surface area contributed by atoms with Gasteiger partial charge in [-0.1, -0.05) is 18.2 Å². The van der Waals surface area contributed by atoms with Crippen LogP contribution in [0.25, 0.3) is 22.8 Å². The Balaban J connectivity index is 2.15. The number of benzene rings is 1. The lowest BCUT2D eigenvalue weighted by Crippen LogP contribution is -2.09. The Morgan fingerprint density at radius 3 is 2.65 bits per heavy atom. The van der Waals surface area contributed by atoms with Crippen molar-refractivity contribution in [1.29, 1.82) is 0 Å². The minimum atomic E-state index is -0.224. The van der Waals surface area contributed by atoms with Crippen molar-refractivity contribution >= 4 is 5.69 Å². The second-order valence-corrected chi connectivity index (χ2v) is 4.32. The predicted molar refractivity (Wildman–Crippen MR) is 77.9 cm³/mol. The SMILES string of the molecule is Nc1cccc(-c2cc(=O)[nH]c(-c3ccccn3)n2)c1. The average Bonchev–Trinajstić information content (AvgIpc) is 2.47. The summed E-state index contributed by atoms with van der Waals surface area (Å²) in [6.07, 6.45) is 1.66. The van der Waals surface area contributed by atoms with E-state index in [4.69, 9.17) is 5.73 Å². The van der Waals surface area contributed by atoms with Gasteiger partial charge < -0.3 is 10.7 Å². The van der Waals surface area contributed by atoms with Gasteiger partial charge in [-0.15, -0.1) is 0 Å². The van der Waals surface area contributed by atoms with Crippen LogP contribution in [0, 0.1) is 0 Å². The molecule has 0 saturated heterocycles. The number of nitrogens with two attached hydrogens (primary N) is 1. The summed E-state index contributed by atoms with van der Waals surface area (Å²) in [5.74, 6) is 0.440. The maximum absolute atomic E-state index is 11.8. The van der Waals surface area contributed by atoms with Crippen LogP contribution in [-0.2, 0) is 0 Å². The van der Waals surface area contributed by atoms with Crippen LogP contribution < -0.4 is 11.3 Å². The molecule has 5 heteroatoms. The highest BCUT2D eigenvalue weighted by Crippen LogP contribution is 2.20. The van der Waals surface area contributed by atoms with Gasteiger partial charge in [-0.25, -0.2) is 4.98 Å². The zero-order chi connectivity index (χ0) is 13.9. The summed E-state index contributed by atoms with van der Waals surface area (Å²) in [5.41, 5.74) is 8.15. The monoisotopic (exact) mass is 264 g/mol. The summed E-state index contributed by atoms with van der Waals surface area (Å²) in [6, 6.07) is 14.1. The predicted octanol–water partition coefficient (Wildman–Crippen LogP) is 2.08. The molecule has 3 N–H and O–H groups in total. The second kappa shape index (κ2) is 4.97. The lowest BCUT2D eigenvalue weighted by molar-refractivity contribution is 1.11. The topological polar surface area (TPSA) is 84.7 Å². The molecule has 0 radical (unpaired) electrons. The zero-order valence-corrected chi connectivity index (χ0v) is 10.6. The molecule has 0 saturated carbocycles. The van der Waals surface area contributed by atoms with Gasteiger partial charge in [0.15, 0.2) is 5.82 Å². The van der Waals surface area contributed by atoms with Crippen LogP contribution in [0.2, 0.25) is 0 Å². The van der Waals surface area contributed by atoms with Crippen LogP contribution in [0.1, 0.15) is 0 Å². The Morgan fingerprint density at radius 2 is 1.90 bits per heavy atom. The molecule has 0 amide bonds. The third-order valence-electron chi connectivity index (χ3n) is 2.83. The molecule has 1 aromatic carbocycles. The standard InChI is InChI=1S/C15H12N4O/c16-11-5-3-4-10(8-11)13-9-14(20)19-15(18-13)12-6-1-2-7-17-12/h1-9H,16H2,(H,18,19,20). The van der Waals surface area contributed by atoms with Gasteiger partial charge in [-0.3, -0.25) is 9.78 Å². The van der Waals surface area contributed by atoms with Crippen LogP contribution in [0.3, 0.4) is 0 Å². The van der Waals surface area contributed by atoms with E-state index < -0.39 is 0 Å². The van der Waals surface area contributed by atoms with E-state index in [-0.39, 0.29) is 5.56 Å². The van der Waals surface area contributed by atoms with Crippen LogP contribution in [0.4, 0.5) is 5.69 Å². The van der Waals surface area contributed by atoms with E-state index in [1.54, 1.807) is 24.4 Å². The summed E-state index contributed by atoms with van der Waals surface area (Å²) in [5, 5.41) is 0. The molecule has 3 rings (SSSR count). The summed E-state index contributed by atoms with van der Waals surface area (Å²) < 4.78 is 0. The first kappa shape index (κ1) is 12.1. The Labute approximate surface area is 115 Å². The Morgan fingerprint density at radius 1 is 1.00 bits per heavy atom. The van der Waals surface area contributed by atoms with E-state index in [0.717, 1.165) is 5.56 Å². The molecule has 0 aliphatic rings. The average molecular weight is 264 g/mol. The lowest BCUT2D eigenvalue weighted by Gasteiger charge is -2.04. The number of pyridine rings is 1. The highest BCUT2D eigenvalue weighted by Gasteiger charge is 2.06. The van der Waals surface area contributed by atoms with Gasteiger partial charge in [0, 0.05) is 23.5 Å². The molecule has 0 fully saturated rings. The van der Waals surface area contributed by atoms with E-state index in [2.05, 4.69) is 15.0 Å². The van der Waals surface area contributed by atoms with Gasteiger partial charge in [0.2, 0.25) is 0 Å². The van der Waals surface area contributed by atoms with Crippen LogP contribution in [-0.4, -0.2) is 15.0 Å². The largest absolute Gasteiger partial charge is 0.399 e. The fourth-order valence-electron chi connectivity index (χ4n) is 1.93. The lowest BCUT2D eigenvalue weighted by atomic mass is 10.1. The highest BCUT2D eigenvalue weighted by molar-refractivity contribution is 5.65. The van der Waals surface area contributed by atoms with Crippen molar-refractivity contribution < 1.29 is 0 Å². The molecule has 0 aliphatic heterocycles. The molecule has 98 valence electrons. The molecule has 3 aromatic rings. The van der Waals surface area contributed by atoms with Crippen molar-refractivity contribution in [3.63, 3.8) is 0 Å². The minimum absolute atomic E-state index is 0.224. The number of nitrogens with one attached hydrogen (secondary N) is 1. The van der Waals surface area contributed by atoms with Crippen LogP contribution in [0.5, 0.6) is 0 Å². The van der Waals surface area contributed by atoms with Gasteiger partial charge in [0.05, 0.1) is 5.69 Å². The molecule has 2 aromatic heterocycles. The fourth-order valence-corrected chi connectivity index (χ4v) is 1.93. The first-order chi connectivity index (χ1) is 9.72. The fraction of sp³-hybridized carbons (Fsp3) is 0. The smallest absolute Gasteiger partial charge is 0.251 e. The Kier molecular flexibility index (Phi) is 3.01. The first-order valence-electron chi connectivity index (χ1n) is 6.11. The van der Waals surface area contributed by atoms with Gasteiger partial charge in [-0.05, 0) is 24.3 Å². The molecule has 0 bridgehead atoms. The van der Waals surface area contributed by atoms with Crippen molar-refractivity contribution in [2.24, 2.45) is 0 Å². The number of anilines is 1. The number of hydrogen-bond acceptors (Lipinski definition) is 4.